The molecule has 0 saturated carbocycles. The van der Waals surface area contributed by atoms with Crippen molar-refractivity contribution in [1.29, 1.82) is 0 Å². The van der Waals surface area contributed by atoms with Gasteiger partial charge in [-0.25, -0.2) is 17.6 Å². The Kier molecular flexibility index (Phi) is 5.88. The summed E-state index contributed by atoms with van der Waals surface area (Å²) in [6.45, 7) is -0.602. The molecule has 0 aliphatic carbocycles. The molecule has 0 aliphatic heterocycles. The fourth-order valence-electron chi connectivity index (χ4n) is 2.80. The van der Waals surface area contributed by atoms with Crippen LogP contribution in [0.15, 0.2) is 47.3 Å². The fourth-order valence-corrected chi connectivity index (χ4v) is 2.80. The second kappa shape index (κ2) is 8.37. The molecule has 3 aromatic rings. The van der Waals surface area contributed by atoms with E-state index in [-0.39, 0.29) is 19.0 Å². The zero-order valence-electron chi connectivity index (χ0n) is 15.2. The zero-order valence-corrected chi connectivity index (χ0v) is 15.2. The number of aliphatic hydroxyl groups is 1. The van der Waals surface area contributed by atoms with Gasteiger partial charge < -0.3 is 15.6 Å². The highest BCUT2D eigenvalue weighted by atomic mass is 19.1. The number of anilines is 1. The number of benzene rings is 2. The third-order valence-corrected chi connectivity index (χ3v) is 4.12. The highest BCUT2D eigenvalue weighted by Crippen LogP contribution is 2.27. The summed E-state index contributed by atoms with van der Waals surface area (Å²) in [5.74, 6) is -6.42. The van der Waals surface area contributed by atoms with Crippen molar-refractivity contribution in [2.75, 3.05) is 18.9 Å². The van der Waals surface area contributed by atoms with Crippen LogP contribution in [0.25, 0.3) is 5.69 Å². The van der Waals surface area contributed by atoms with Gasteiger partial charge >= 0.3 is 0 Å². The van der Waals surface area contributed by atoms with Crippen molar-refractivity contribution in [2.24, 2.45) is 0 Å². The minimum absolute atomic E-state index is 0.215. The summed E-state index contributed by atoms with van der Waals surface area (Å²) in [6, 6.07) is 5.59. The summed E-state index contributed by atoms with van der Waals surface area (Å²) in [5, 5.41) is 8.73. The van der Waals surface area contributed by atoms with Gasteiger partial charge in [-0.15, -0.1) is 0 Å². The van der Waals surface area contributed by atoms with E-state index in [0.717, 1.165) is 36.4 Å². The summed E-state index contributed by atoms with van der Waals surface area (Å²) in [7, 11) is 0. The summed E-state index contributed by atoms with van der Waals surface area (Å²) >= 11 is 0. The third kappa shape index (κ3) is 3.90. The smallest absolute Gasteiger partial charge is 0.256 e. The Morgan fingerprint density at radius 1 is 0.967 bits per heavy atom. The maximum atomic E-state index is 14.6. The van der Waals surface area contributed by atoms with E-state index in [1.54, 1.807) is 0 Å². The number of ether oxygens (including phenoxy) is 1. The van der Waals surface area contributed by atoms with Gasteiger partial charge in [0.15, 0.2) is 17.4 Å². The van der Waals surface area contributed by atoms with Crippen molar-refractivity contribution in [1.82, 2.24) is 4.57 Å². The molecule has 0 fully saturated rings. The van der Waals surface area contributed by atoms with Crippen LogP contribution in [0, 0.1) is 23.3 Å². The fraction of sp³-hybridized carbons (Fsp3) is 0.100. The molecule has 0 unspecified atom stereocenters. The normalized spacial score (nSPS) is 10.8. The lowest BCUT2D eigenvalue weighted by atomic mass is 10.0. The molecule has 0 aliphatic rings. The van der Waals surface area contributed by atoms with Crippen molar-refractivity contribution in [3.05, 3.63) is 87.2 Å². The topological polar surface area (TPSA) is 94.6 Å². The monoisotopic (exact) mass is 422 g/mol. The van der Waals surface area contributed by atoms with Crippen molar-refractivity contribution in [3.63, 3.8) is 0 Å². The molecule has 1 aromatic heterocycles. The van der Waals surface area contributed by atoms with Gasteiger partial charge in [0.25, 0.3) is 5.56 Å². The number of hydrogen-bond donors (Lipinski definition) is 2. The van der Waals surface area contributed by atoms with Gasteiger partial charge in [0, 0.05) is 24.3 Å². The zero-order chi connectivity index (χ0) is 22.0. The molecule has 3 N–H and O–H groups in total. The largest absolute Gasteiger partial charge is 0.491 e. The van der Waals surface area contributed by atoms with E-state index in [9.17, 15) is 27.2 Å². The summed E-state index contributed by atoms with van der Waals surface area (Å²) in [5.41, 5.74) is 3.06. The predicted molar refractivity (Wildman–Crippen MR) is 98.7 cm³/mol. The Balaban J connectivity index is 2.14. The van der Waals surface area contributed by atoms with Gasteiger partial charge in [-0.05, 0) is 18.2 Å². The molecule has 0 bridgehead atoms. The first-order valence-corrected chi connectivity index (χ1v) is 8.49. The van der Waals surface area contributed by atoms with Crippen LogP contribution < -0.4 is 16.0 Å². The molecular formula is C20H14F4N2O4. The quantitative estimate of drug-likeness (QED) is 0.471. The number of carbonyl (C=O) groups excluding carboxylic acids is 1. The van der Waals surface area contributed by atoms with Crippen LogP contribution in [0.3, 0.4) is 0 Å². The van der Waals surface area contributed by atoms with Crippen molar-refractivity contribution >= 4 is 11.6 Å². The molecule has 0 saturated heterocycles. The van der Waals surface area contributed by atoms with Gasteiger partial charge in [-0.3, -0.25) is 14.2 Å². The molecule has 6 nitrogen and oxygen atoms in total. The first-order chi connectivity index (χ1) is 14.2. The van der Waals surface area contributed by atoms with E-state index in [1.807, 2.05) is 0 Å². The van der Waals surface area contributed by atoms with Crippen LogP contribution >= 0.6 is 0 Å². The molecule has 156 valence electrons. The molecule has 0 radical (unpaired) electrons. The van der Waals surface area contributed by atoms with Crippen LogP contribution in [0.5, 0.6) is 5.75 Å². The molecule has 10 heteroatoms. The number of nitrogens with zero attached hydrogens (tertiary/aromatic N) is 1. The van der Waals surface area contributed by atoms with Crippen molar-refractivity contribution < 1.29 is 32.2 Å². The summed E-state index contributed by atoms with van der Waals surface area (Å²) in [6.07, 6.45) is 0. The van der Waals surface area contributed by atoms with Crippen LogP contribution in [-0.2, 0) is 0 Å². The number of aromatic nitrogens is 1. The number of nitrogen functional groups attached to an aromatic ring is 1. The molecule has 1 heterocycles. The van der Waals surface area contributed by atoms with Gasteiger partial charge in [-0.1, -0.05) is 0 Å². The lowest BCUT2D eigenvalue weighted by Crippen LogP contribution is -2.25. The lowest BCUT2D eigenvalue weighted by molar-refractivity contribution is 0.103. The molecule has 0 spiro atoms. The second-order valence-corrected chi connectivity index (χ2v) is 6.07. The average molecular weight is 422 g/mol. The van der Waals surface area contributed by atoms with Crippen molar-refractivity contribution in [3.8, 4) is 11.4 Å². The van der Waals surface area contributed by atoms with Gasteiger partial charge in [0.05, 0.1) is 17.7 Å². The lowest BCUT2D eigenvalue weighted by Gasteiger charge is -2.15. The Bertz CT molecular complexity index is 1170. The van der Waals surface area contributed by atoms with Crippen molar-refractivity contribution in [2.45, 2.75) is 0 Å². The molecule has 2 aromatic carbocycles. The van der Waals surface area contributed by atoms with Crippen LogP contribution in [0.1, 0.15) is 15.9 Å². The predicted octanol–water partition coefficient (Wildman–Crippen LogP) is 2.58. The second-order valence-electron chi connectivity index (χ2n) is 6.07. The van der Waals surface area contributed by atoms with Gasteiger partial charge in [0.2, 0.25) is 0 Å². The number of nitrogens with two attached hydrogens (primary N) is 1. The maximum absolute atomic E-state index is 14.6. The van der Waals surface area contributed by atoms with Crippen LogP contribution in [-0.4, -0.2) is 28.7 Å². The van der Waals surface area contributed by atoms with E-state index in [1.165, 1.54) is 0 Å². The van der Waals surface area contributed by atoms with E-state index in [4.69, 9.17) is 15.6 Å². The summed E-state index contributed by atoms with van der Waals surface area (Å²) in [4.78, 5) is 24.9. The highest BCUT2D eigenvalue weighted by Gasteiger charge is 2.23. The minimum Gasteiger partial charge on any atom is -0.491 e. The number of ketones is 1. The highest BCUT2D eigenvalue weighted by molar-refractivity contribution is 6.11. The standard InChI is InChI=1S/C20H14F4N2O4/c21-10-1-2-12(14(22)7-10)19(29)13-3-4-17(28)26(20(13)25)18-15(23)8-11(9-16(18)24)30-6-5-27/h1-4,7-9,27H,5-6,25H2. The number of rotatable bonds is 6. The third-order valence-electron chi connectivity index (χ3n) is 4.12. The first-order valence-electron chi connectivity index (χ1n) is 8.49. The minimum atomic E-state index is -1.23. The first kappa shape index (κ1) is 21.1. The van der Waals surface area contributed by atoms with Gasteiger partial charge in [-0.2, -0.15) is 0 Å². The average Bonchev–Trinajstić information content (AvgIpc) is 2.68. The van der Waals surface area contributed by atoms with Crippen LogP contribution in [0.2, 0.25) is 0 Å². The van der Waals surface area contributed by atoms with E-state index >= 15 is 0 Å². The molecule has 3 rings (SSSR count). The number of aliphatic hydroxyl groups excluding tert-OH is 1. The van der Waals surface area contributed by atoms with E-state index < -0.39 is 57.2 Å². The van der Waals surface area contributed by atoms with Crippen LogP contribution in [0.4, 0.5) is 23.4 Å². The SMILES string of the molecule is Nc1c(C(=O)c2ccc(F)cc2F)ccc(=O)n1-c1c(F)cc(OCCO)cc1F. The number of carbonyl (C=O) groups is 1. The molecule has 30 heavy (non-hydrogen) atoms. The molecule has 0 atom stereocenters. The van der Waals surface area contributed by atoms with E-state index in [2.05, 4.69) is 0 Å². The number of halogens is 4. The summed E-state index contributed by atoms with van der Waals surface area (Å²) < 4.78 is 61.6. The van der Waals surface area contributed by atoms with E-state index in [0.29, 0.717) is 10.6 Å². The number of pyridine rings is 1. The molecular weight excluding hydrogens is 408 g/mol. The Labute approximate surface area is 166 Å². The Morgan fingerprint density at radius 3 is 2.20 bits per heavy atom. The molecule has 0 amide bonds. The maximum Gasteiger partial charge on any atom is 0.256 e. The van der Waals surface area contributed by atoms with Gasteiger partial charge in [0.1, 0.15) is 35.5 Å². The Morgan fingerprint density at radius 2 is 1.60 bits per heavy atom. The Hall–Kier alpha value is -3.66. The number of hydrogen-bond acceptors (Lipinski definition) is 5.